The lowest BCUT2D eigenvalue weighted by molar-refractivity contribution is -0.133. The van der Waals surface area contributed by atoms with Gasteiger partial charge in [-0.2, -0.15) is 0 Å². The van der Waals surface area contributed by atoms with Crippen molar-refractivity contribution in [3.8, 4) is 0 Å². The Balaban J connectivity index is 1.70. The number of hydrogen-bond donors (Lipinski definition) is 1. The molecule has 2 unspecified atom stereocenters. The first-order valence-electron chi connectivity index (χ1n) is 7.57. The Kier molecular flexibility index (Phi) is 3.97. The molecular formula is C16H24O2S. The fraction of sp³-hybridized carbons (Fsp3) is 0.750. The smallest absolute Gasteiger partial charge is 0.0912 e. The maximum atomic E-state index is 10.6. The Morgan fingerprint density at radius 2 is 2.11 bits per heavy atom. The van der Waals surface area contributed by atoms with E-state index in [0.29, 0.717) is 5.92 Å². The standard InChI is InChI=1S/C16H24O2S/c1-12-5-6-14(19-12)15(17)13-7-10-18-16(11-13)8-3-2-4-9-16/h5-6,13,15,17H,2-4,7-11H2,1H3. The lowest BCUT2D eigenvalue weighted by Crippen LogP contribution is -2.42. The average molecular weight is 280 g/mol. The average Bonchev–Trinajstić information content (AvgIpc) is 2.85. The topological polar surface area (TPSA) is 29.5 Å². The van der Waals surface area contributed by atoms with Gasteiger partial charge in [-0.15, -0.1) is 11.3 Å². The summed E-state index contributed by atoms with van der Waals surface area (Å²) in [6.45, 7) is 2.93. The van der Waals surface area contributed by atoms with Gasteiger partial charge in [0.15, 0.2) is 0 Å². The lowest BCUT2D eigenvalue weighted by Gasteiger charge is -2.44. The molecule has 3 heteroatoms. The summed E-state index contributed by atoms with van der Waals surface area (Å²) in [6.07, 6.45) is 8.08. The normalized spacial score (nSPS) is 28.4. The van der Waals surface area contributed by atoms with Crippen LogP contribution >= 0.6 is 11.3 Å². The highest BCUT2D eigenvalue weighted by atomic mass is 32.1. The molecule has 106 valence electrons. The SMILES string of the molecule is Cc1ccc(C(O)C2CCOC3(CCCCC3)C2)s1. The van der Waals surface area contributed by atoms with Gasteiger partial charge in [0, 0.05) is 16.4 Å². The van der Waals surface area contributed by atoms with Crippen LogP contribution in [-0.2, 0) is 4.74 Å². The van der Waals surface area contributed by atoms with Crippen molar-refractivity contribution in [3.05, 3.63) is 21.9 Å². The van der Waals surface area contributed by atoms with E-state index in [-0.39, 0.29) is 11.7 Å². The van der Waals surface area contributed by atoms with Crippen LogP contribution in [0, 0.1) is 12.8 Å². The summed E-state index contributed by atoms with van der Waals surface area (Å²) in [5.41, 5.74) is 0.0917. The molecule has 1 aliphatic carbocycles. The van der Waals surface area contributed by atoms with E-state index in [1.165, 1.54) is 37.0 Å². The Hall–Kier alpha value is -0.380. The number of aliphatic hydroxyl groups is 1. The van der Waals surface area contributed by atoms with Crippen LogP contribution in [0.25, 0.3) is 0 Å². The van der Waals surface area contributed by atoms with E-state index in [1.807, 2.05) is 0 Å². The van der Waals surface area contributed by atoms with Crippen molar-refractivity contribution in [2.45, 2.75) is 63.6 Å². The molecule has 2 aliphatic rings. The van der Waals surface area contributed by atoms with Crippen molar-refractivity contribution >= 4 is 11.3 Å². The largest absolute Gasteiger partial charge is 0.387 e. The summed E-state index contributed by atoms with van der Waals surface area (Å²) < 4.78 is 6.12. The van der Waals surface area contributed by atoms with E-state index in [9.17, 15) is 5.11 Å². The van der Waals surface area contributed by atoms with Gasteiger partial charge in [-0.05, 0) is 50.7 Å². The van der Waals surface area contributed by atoms with Crippen molar-refractivity contribution in [1.82, 2.24) is 0 Å². The van der Waals surface area contributed by atoms with Crippen molar-refractivity contribution in [3.63, 3.8) is 0 Å². The summed E-state index contributed by atoms with van der Waals surface area (Å²) in [5, 5.41) is 10.6. The van der Waals surface area contributed by atoms with E-state index in [1.54, 1.807) is 11.3 Å². The second-order valence-corrected chi connectivity index (χ2v) is 7.56. The molecule has 2 nitrogen and oxygen atoms in total. The van der Waals surface area contributed by atoms with Gasteiger partial charge in [-0.25, -0.2) is 0 Å². The molecule has 3 rings (SSSR count). The van der Waals surface area contributed by atoms with Crippen molar-refractivity contribution in [2.24, 2.45) is 5.92 Å². The number of ether oxygens (including phenoxy) is 1. The second-order valence-electron chi connectivity index (χ2n) is 6.24. The highest BCUT2D eigenvalue weighted by molar-refractivity contribution is 7.12. The van der Waals surface area contributed by atoms with Crippen LogP contribution in [-0.4, -0.2) is 17.3 Å². The van der Waals surface area contributed by atoms with Crippen LogP contribution in [0.1, 0.15) is 60.8 Å². The fourth-order valence-electron chi connectivity index (χ4n) is 3.72. The monoisotopic (exact) mass is 280 g/mol. The van der Waals surface area contributed by atoms with Crippen LogP contribution < -0.4 is 0 Å². The van der Waals surface area contributed by atoms with E-state index in [4.69, 9.17) is 4.74 Å². The van der Waals surface area contributed by atoms with Gasteiger partial charge in [0.2, 0.25) is 0 Å². The predicted molar refractivity (Wildman–Crippen MR) is 78.5 cm³/mol. The van der Waals surface area contributed by atoms with Gasteiger partial charge in [0.05, 0.1) is 11.7 Å². The summed E-state index contributed by atoms with van der Waals surface area (Å²) in [5.74, 6) is 0.380. The van der Waals surface area contributed by atoms with E-state index < -0.39 is 0 Å². The van der Waals surface area contributed by atoms with E-state index in [2.05, 4.69) is 19.1 Å². The van der Waals surface area contributed by atoms with E-state index >= 15 is 0 Å². The molecule has 0 radical (unpaired) electrons. The summed E-state index contributed by atoms with van der Waals surface area (Å²) in [6, 6.07) is 4.20. The molecule has 0 aromatic carbocycles. The Bertz CT molecular complexity index is 415. The molecule has 19 heavy (non-hydrogen) atoms. The fourth-order valence-corrected chi connectivity index (χ4v) is 4.68. The minimum absolute atomic E-state index is 0.0917. The minimum atomic E-state index is -0.290. The predicted octanol–water partition coefficient (Wildman–Crippen LogP) is 4.22. The molecule has 2 heterocycles. The zero-order valence-corrected chi connectivity index (χ0v) is 12.5. The molecule has 1 spiro atoms. The highest BCUT2D eigenvalue weighted by Gasteiger charge is 2.40. The van der Waals surface area contributed by atoms with Gasteiger partial charge in [0.1, 0.15) is 0 Å². The third-order valence-corrected chi connectivity index (χ3v) is 5.87. The quantitative estimate of drug-likeness (QED) is 0.879. The van der Waals surface area contributed by atoms with Crippen LogP contribution in [0.15, 0.2) is 12.1 Å². The van der Waals surface area contributed by atoms with Crippen LogP contribution in [0.3, 0.4) is 0 Å². The lowest BCUT2D eigenvalue weighted by atomic mass is 9.74. The number of aliphatic hydroxyl groups excluding tert-OH is 1. The Labute approximate surface area is 119 Å². The molecule has 2 fully saturated rings. The van der Waals surface area contributed by atoms with Crippen LogP contribution in [0.5, 0.6) is 0 Å². The minimum Gasteiger partial charge on any atom is -0.387 e. The highest BCUT2D eigenvalue weighted by Crippen LogP contribution is 2.44. The molecule has 0 amide bonds. The molecular weight excluding hydrogens is 256 g/mol. The molecule has 1 N–H and O–H groups in total. The van der Waals surface area contributed by atoms with Crippen LogP contribution in [0.4, 0.5) is 0 Å². The second kappa shape index (κ2) is 5.55. The molecule has 1 saturated heterocycles. The number of hydrogen-bond acceptors (Lipinski definition) is 3. The first kappa shape index (κ1) is 13.6. The van der Waals surface area contributed by atoms with Gasteiger partial charge in [0.25, 0.3) is 0 Å². The summed E-state index contributed by atoms with van der Waals surface area (Å²) >= 11 is 1.73. The van der Waals surface area contributed by atoms with Crippen molar-refractivity contribution in [1.29, 1.82) is 0 Å². The van der Waals surface area contributed by atoms with Crippen molar-refractivity contribution < 1.29 is 9.84 Å². The van der Waals surface area contributed by atoms with E-state index in [0.717, 1.165) is 24.3 Å². The molecule has 1 saturated carbocycles. The van der Waals surface area contributed by atoms with Gasteiger partial charge in [-0.1, -0.05) is 19.3 Å². The molecule has 1 aromatic rings. The van der Waals surface area contributed by atoms with Crippen LogP contribution in [0.2, 0.25) is 0 Å². The Morgan fingerprint density at radius 1 is 1.32 bits per heavy atom. The number of aryl methyl sites for hydroxylation is 1. The molecule has 2 atom stereocenters. The van der Waals surface area contributed by atoms with Crippen molar-refractivity contribution in [2.75, 3.05) is 6.61 Å². The van der Waals surface area contributed by atoms with Gasteiger partial charge in [-0.3, -0.25) is 0 Å². The van der Waals surface area contributed by atoms with Gasteiger partial charge < -0.3 is 9.84 Å². The number of rotatable bonds is 2. The number of thiophene rings is 1. The first-order chi connectivity index (χ1) is 9.19. The first-order valence-corrected chi connectivity index (χ1v) is 8.39. The Morgan fingerprint density at radius 3 is 2.79 bits per heavy atom. The third-order valence-electron chi connectivity index (χ3n) is 4.80. The molecule has 0 bridgehead atoms. The third kappa shape index (κ3) is 2.88. The zero-order chi connectivity index (χ0) is 13.3. The maximum Gasteiger partial charge on any atom is 0.0912 e. The zero-order valence-electron chi connectivity index (χ0n) is 11.7. The van der Waals surface area contributed by atoms with Gasteiger partial charge >= 0.3 is 0 Å². The summed E-state index contributed by atoms with van der Waals surface area (Å²) in [4.78, 5) is 2.42. The molecule has 1 aromatic heterocycles. The summed E-state index contributed by atoms with van der Waals surface area (Å²) in [7, 11) is 0. The maximum absolute atomic E-state index is 10.6. The molecule has 1 aliphatic heterocycles.